The van der Waals surface area contributed by atoms with E-state index in [1.807, 2.05) is 30.3 Å². The minimum Gasteiger partial charge on any atom is -0.366 e. The van der Waals surface area contributed by atoms with E-state index < -0.39 is 0 Å². The topological polar surface area (TPSA) is 69.7 Å². The molecule has 0 bridgehead atoms. The maximum atomic E-state index is 4.67. The van der Waals surface area contributed by atoms with Gasteiger partial charge in [0, 0.05) is 25.3 Å². The summed E-state index contributed by atoms with van der Waals surface area (Å²) in [5.41, 5.74) is 2.12. The van der Waals surface area contributed by atoms with E-state index in [2.05, 4.69) is 36.4 Å². The van der Waals surface area contributed by atoms with Gasteiger partial charge < -0.3 is 15.2 Å². The van der Waals surface area contributed by atoms with Crippen LogP contribution in [-0.4, -0.2) is 39.3 Å². The van der Waals surface area contributed by atoms with E-state index in [9.17, 15) is 0 Å². The van der Waals surface area contributed by atoms with E-state index >= 15 is 0 Å². The Morgan fingerprint density at radius 2 is 1.95 bits per heavy atom. The molecule has 0 aliphatic carbocycles. The molecule has 0 amide bonds. The summed E-state index contributed by atoms with van der Waals surface area (Å²) in [5, 5.41) is 11.4. The van der Waals surface area contributed by atoms with Gasteiger partial charge in [-0.05, 0) is 37.1 Å². The zero-order chi connectivity index (χ0) is 14.8. The van der Waals surface area contributed by atoms with E-state index in [4.69, 9.17) is 0 Å². The van der Waals surface area contributed by atoms with Crippen LogP contribution in [0.3, 0.4) is 0 Å². The lowest BCUT2D eigenvalue weighted by molar-refractivity contribution is 0.519. The molecular formula is C16H18N6. The number of anilines is 2. The normalized spacial score (nSPS) is 16.1. The van der Waals surface area contributed by atoms with Gasteiger partial charge in [0.25, 0.3) is 0 Å². The Morgan fingerprint density at radius 3 is 2.73 bits per heavy atom. The van der Waals surface area contributed by atoms with Gasteiger partial charge in [-0.15, -0.1) is 5.10 Å². The number of hydrogen-bond acceptors (Lipinski definition) is 5. The third kappa shape index (κ3) is 2.59. The van der Waals surface area contributed by atoms with Crippen molar-refractivity contribution in [2.45, 2.75) is 18.9 Å². The Balaban J connectivity index is 1.41. The van der Waals surface area contributed by atoms with Crippen LogP contribution in [0, 0.1) is 0 Å². The quantitative estimate of drug-likeness (QED) is 0.776. The van der Waals surface area contributed by atoms with E-state index in [1.54, 1.807) is 6.20 Å². The second-order valence-electron chi connectivity index (χ2n) is 5.59. The van der Waals surface area contributed by atoms with Crippen molar-refractivity contribution in [2.75, 3.05) is 23.3 Å². The van der Waals surface area contributed by atoms with Gasteiger partial charge in [0.05, 0.1) is 11.0 Å². The van der Waals surface area contributed by atoms with Gasteiger partial charge in [-0.25, -0.2) is 4.98 Å². The molecule has 6 heteroatoms. The molecule has 1 aliphatic rings. The fraction of sp³-hybridized carbons (Fsp3) is 0.312. The number of rotatable bonds is 3. The van der Waals surface area contributed by atoms with Gasteiger partial charge in [0.1, 0.15) is 5.82 Å². The van der Waals surface area contributed by atoms with Crippen LogP contribution >= 0.6 is 0 Å². The fourth-order valence-electron chi connectivity index (χ4n) is 2.91. The lowest BCUT2D eigenvalue weighted by atomic mass is 10.1. The van der Waals surface area contributed by atoms with Crippen molar-refractivity contribution in [1.82, 2.24) is 20.2 Å². The minimum absolute atomic E-state index is 0.442. The molecule has 2 aromatic heterocycles. The first-order valence-electron chi connectivity index (χ1n) is 7.62. The maximum Gasteiger partial charge on any atom is 0.203 e. The molecule has 1 aromatic carbocycles. The summed E-state index contributed by atoms with van der Waals surface area (Å²) >= 11 is 0. The number of piperidine rings is 1. The Kier molecular flexibility index (Phi) is 3.34. The highest BCUT2D eigenvalue weighted by atomic mass is 15.3. The number of benzene rings is 1. The summed E-state index contributed by atoms with van der Waals surface area (Å²) in [6, 6.07) is 12.5. The predicted octanol–water partition coefficient (Wildman–Crippen LogP) is 2.43. The summed E-state index contributed by atoms with van der Waals surface area (Å²) in [6.45, 7) is 1.97. The van der Waals surface area contributed by atoms with Gasteiger partial charge >= 0.3 is 0 Å². The molecule has 6 nitrogen and oxygen atoms in total. The van der Waals surface area contributed by atoms with Crippen molar-refractivity contribution in [3.05, 3.63) is 42.6 Å². The molecule has 1 fully saturated rings. The van der Waals surface area contributed by atoms with Crippen LogP contribution in [0.4, 0.5) is 11.8 Å². The molecule has 0 atom stereocenters. The molecule has 3 heterocycles. The molecule has 1 saturated heterocycles. The van der Waals surface area contributed by atoms with Gasteiger partial charge in [-0.3, -0.25) is 0 Å². The number of nitrogens with one attached hydrogen (secondary N) is 2. The molecule has 1 aliphatic heterocycles. The van der Waals surface area contributed by atoms with Crippen molar-refractivity contribution in [3.63, 3.8) is 0 Å². The van der Waals surface area contributed by atoms with Gasteiger partial charge in [0.2, 0.25) is 5.95 Å². The zero-order valence-electron chi connectivity index (χ0n) is 12.2. The molecule has 112 valence electrons. The highest BCUT2D eigenvalue weighted by Gasteiger charge is 2.21. The summed E-state index contributed by atoms with van der Waals surface area (Å²) in [5.74, 6) is 1.82. The fourth-order valence-corrected chi connectivity index (χ4v) is 2.91. The Morgan fingerprint density at radius 1 is 1.09 bits per heavy atom. The first-order chi connectivity index (χ1) is 10.9. The van der Waals surface area contributed by atoms with Crippen molar-refractivity contribution < 1.29 is 0 Å². The van der Waals surface area contributed by atoms with E-state index in [-0.39, 0.29) is 0 Å². The monoisotopic (exact) mass is 294 g/mol. The molecule has 0 radical (unpaired) electrons. The van der Waals surface area contributed by atoms with Crippen LogP contribution in [0.15, 0.2) is 42.6 Å². The highest BCUT2D eigenvalue weighted by Crippen LogP contribution is 2.21. The third-order valence-electron chi connectivity index (χ3n) is 4.10. The van der Waals surface area contributed by atoms with Crippen LogP contribution < -0.4 is 10.2 Å². The Labute approximate surface area is 128 Å². The van der Waals surface area contributed by atoms with E-state index in [0.29, 0.717) is 6.04 Å². The number of para-hydroxylation sites is 2. The standard InChI is InChI=1S/C16H18N6/c1-2-5-14-13(4-1)19-16(20-14)22-10-7-12(8-11-22)18-15-6-3-9-17-21-15/h1-6,9,12H,7-8,10-11H2,(H,18,21)(H,19,20). The second kappa shape index (κ2) is 5.63. The van der Waals surface area contributed by atoms with Gasteiger partial charge in [0.15, 0.2) is 0 Å². The molecular weight excluding hydrogens is 276 g/mol. The lowest BCUT2D eigenvalue weighted by Gasteiger charge is -2.32. The van der Waals surface area contributed by atoms with Crippen molar-refractivity contribution >= 4 is 22.8 Å². The molecule has 0 spiro atoms. The molecule has 3 aromatic rings. The largest absolute Gasteiger partial charge is 0.366 e. The molecule has 22 heavy (non-hydrogen) atoms. The lowest BCUT2D eigenvalue weighted by Crippen LogP contribution is -2.39. The first-order valence-corrected chi connectivity index (χ1v) is 7.62. The van der Waals surface area contributed by atoms with Crippen molar-refractivity contribution in [3.8, 4) is 0 Å². The van der Waals surface area contributed by atoms with Crippen LogP contribution in [-0.2, 0) is 0 Å². The Hall–Kier alpha value is -2.63. The van der Waals surface area contributed by atoms with Crippen LogP contribution in [0.5, 0.6) is 0 Å². The van der Waals surface area contributed by atoms with Gasteiger partial charge in [-0.1, -0.05) is 12.1 Å². The van der Waals surface area contributed by atoms with Crippen molar-refractivity contribution in [2.24, 2.45) is 0 Å². The summed E-state index contributed by atoms with van der Waals surface area (Å²) < 4.78 is 0. The predicted molar refractivity (Wildman–Crippen MR) is 87.0 cm³/mol. The van der Waals surface area contributed by atoms with Crippen LogP contribution in [0.2, 0.25) is 0 Å². The number of hydrogen-bond donors (Lipinski definition) is 2. The Bertz CT molecular complexity index is 712. The first kappa shape index (κ1) is 13.1. The van der Waals surface area contributed by atoms with E-state index in [1.165, 1.54) is 0 Å². The third-order valence-corrected chi connectivity index (χ3v) is 4.10. The number of aromatic amines is 1. The van der Waals surface area contributed by atoms with Crippen molar-refractivity contribution in [1.29, 1.82) is 0 Å². The number of fused-ring (bicyclic) bond motifs is 1. The summed E-state index contributed by atoms with van der Waals surface area (Å²) in [4.78, 5) is 10.4. The maximum absolute atomic E-state index is 4.67. The molecule has 2 N–H and O–H groups in total. The van der Waals surface area contributed by atoms with Crippen LogP contribution in [0.1, 0.15) is 12.8 Å². The second-order valence-corrected chi connectivity index (χ2v) is 5.59. The van der Waals surface area contributed by atoms with Gasteiger partial charge in [-0.2, -0.15) is 5.10 Å². The summed E-state index contributed by atoms with van der Waals surface area (Å²) in [6.07, 6.45) is 3.82. The average molecular weight is 294 g/mol. The minimum atomic E-state index is 0.442. The molecule has 0 unspecified atom stereocenters. The number of imidazole rings is 1. The smallest absolute Gasteiger partial charge is 0.203 e. The van der Waals surface area contributed by atoms with Crippen LogP contribution in [0.25, 0.3) is 11.0 Å². The number of nitrogens with zero attached hydrogens (tertiary/aromatic N) is 4. The molecule has 0 saturated carbocycles. The number of H-pyrrole nitrogens is 1. The number of aromatic nitrogens is 4. The van der Waals surface area contributed by atoms with E-state index in [0.717, 1.165) is 48.7 Å². The summed E-state index contributed by atoms with van der Waals surface area (Å²) in [7, 11) is 0. The zero-order valence-corrected chi connectivity index (χ0v) is 12.2. The molecule has 4 rings (SSSR count). The SMILES string of the molecule is c1cnnc(NC2CCN(c3nc4ccccc4[nH]3)CC2)c1. The average Bonchev–Trinajstić information content (AvgIpc) is 3.00. The highest BCUT2D eigenvalue weighted by molar-refractivity contribution is 5.77.